The van der Waals surface area contributed by atoms with Gasteiger partial charge in [0.1, 0.15) is 5.56 Å². The first-order valence-corrected chi connectivity index (χ1v) is 8.25. The molecule has 6 nitrogen and oxygen atoms in total. The molecular formula is C17H16ClFN2O4. The van der Waals surface area contributed by atoms with E-state index >= 15 is 0 Å². The van der Waals surface area contributed by atoms with Crippen molar-refractivity contribution in [3.63, 3.8) is 0 Å². The van der Waals surface area contributed by atoms with Gasteiger partial charge >= 0.3 is 5.97 Å². The number of aromatic nitrogens is 1. The van der Waals surface area contributed by atoms with Crippen LogP contribution in [0.25, 0.3) is 10.9 Å². The number of carboxylic acid groups (broad SMARTS) is 1. The quantitative estimate of drug-likeness (QED) is 0.868. The summed E-state index contributed by atoms with van der Waals surface area (Å²) < 4.78 is 16.4. The number of hydrogen-bond acceptors (Lipinski definition) is 3. The van der Waals surface area contributed by atoms with E-state index in [4.69, 9.17) is 11.6 Å². The predicted molar refractivity (Wildman–Crippen MR) is 92.1 cm³/mol. The molecule has 0 bridgehead atoms. The molecule has 0 spiro atoms. The third-order valence-corrected chi connectivity index (χ3v) is 4.67. The Morgan fingerprint density at radius 3 is 2.56 bits per heavy atom. The van der Waals surface area contributed by atoms with E-state index in [1.165, 1.54) is 13.1 Å². The third-order valence-electron chi connectivity index (χ3n) is 4.27. The van der Waals surface area contributed by atoms with Crippen LogP contribution < -0.4 is 10.7 Å². The maximum absolute atomic E-state index is 14.8. The van der Waals surface area contributed by atoms with Crippen LogP contribution in [0.5, 0.6) is 0 Å². The molecule has 1 aromatic heterocycles. The molecular weight excluding hydrogens is 351 g/mol. The lowest BCUT2D eigenvalue weighted by Crippen LogP contribution is -2.22. The Morgan fingerprint density at radius 1 is 1.44 bits per heavy atom. The zero-order valence-electron chi connectivity index (χ0n) is 13.7. The zero-order chi connectivity index (χ0) is 18.5. The Hall–Kier alpha value is -2.41. The number of hydrogen-bond donors (Lipinski definition) is 2. The normalized spacial score (nSPS) is 13.9. The largest absolute Gasteiger partial charge is 0.477 e. The molecule has 132 valence electrons. The molecule has 3 rings (SSSR count). The van der Waals surface area contributed by atoms with E-state index in [-0.39, 0.29) is 22.1 Å². The van der Waals surface area contributed by atoms with Gasteiger partial charge in [-0.05, 0) is 24.8 Å². The minimum absolute atomic E-state index is 0.0261. The summed E-state index contributed by atoms with van der Waals surface area (Å²) in [7, 11) is 0. The molecule has 2 aromatic rings. The summed E-state index contributed by atoms with van der Waals surface area (Å²) in [5.41, 5.74) is -0.866. The molecule has 0 atom stereocenters. The fourth-order valence-electron chi connectivity index (χ4n) is 3.04. The highest BCUT2D eigenvalue weighted by molar-refractivity contribution is 6.33. The van der Waals surface area contributed by atoms with Crippen LogP contribution >= 0.6 is 11.6 Å². The number of nitrogens with zero attached hydrogens (tertiary/aromatic N) is 1. The smallest absolute Gasteiger partial charge is 0.341 e. The van der Waals surface area contributed by atoms with Crippen molar-refractivity contribution in [1.82, 2.24) is 4.57 Å². The van der Waals surface area contributed by atoms with E-state index in [9.17, 15) is 23.9 Å². The van der Waals surface area contributed by atoms with Gasteiger partial charge in [0.15, 0.2) is 5.82 Å². The topological polar surface area (TPSA) is 88.4 Å². The number of carbonyl (C=O) groups excluding carboxylic acids is 1. The number of pyridine rings is 1. The van der Waals surface area contributed by atoms with Crippen LogP contribution in [0.4, 0.5) is 10.1 Å². The molecule has 1 amide bonds. The molecule has 0 aliphatic heterocycles. The summed E-state index contributed by atoms with van der Waals surface area (Å²) in [5, 5.41) is 11.3. The van der Waals surface area contributed by atoms with E-state index in [1.807, 2.05) is 0 Å². The molecule has 8 heteroatoms. The van der Waals surface area contributed by atoms with Crippen molar-refractivity contribution in [2.75, 3.05) is 5.32 Å². The molecule has 1 heterocycles. The predicted octanol–water partition coefficient (Wildman–Crippen LogP) is 3.35. The second-order valence-electron chi connectivity index (χ2n) is 6.06. The fourth-order valence-corrected chi connectivity index (χ4v) is 3.35. The lowest BCUT2D eigenvalue weighted by atomic mass is 10.0. The molecule has 0 radical (unpaired) electrons. The van der Waals surface area contributed by atoms with Gasteiger partial charge < -0.3 is 15.0 Å². The first-order chi connectivity index (χ1) is 11.8. The second kappa shape index (κ2) is 6.15. The summed E-state index contributed by atoms with van der Waals surface area (Å²) in [5.74, 6) is -2.91. The van der Waals surface area contributed by atoms with Crippen molar-refractivity contribution in [1.29, 1.82) is 0 Å². The molecule has 1 aromatic carbocycles. The first kappa shape index (κ1) is 17.4. The van der Waals surface area contributed by atoms with E-state index in [1.54, 1.807) is 11.5 Å². The van der Waals surface area contributed by atoms with Crippen molar-refractivity contribution in [2.45, 2.75) is 39.2 Å². The molecule has 2 N–H and O–H groups in total. The van der Waals surface area contributed by atoms with Crippen LogP contribution in [-0.4, -0.2) is 21.6 Å². The molecule has 0 saturated heterocycles. The van der Waals surface area contributed by atoms with Gasteiger partial charge in [0.25, 0.3) is 0 Å². The second-order valence-corrected chi connectivity index (χ2v) is 6.43. The minimum Gasteiger partial charge on any atom is -0.477 e. The summed E-state index contributed by atoms with van der Waals surface area (Å²) in [6.45, 7) is 2.94. The monoisotopic (exact) mass is 366 g/mol. The average Bonchev–Trinajstić information content (AvgIpc) is 3.36. The van der Waals surface area contributed by atoms with E-state index in [0.717, 1.165) is 12.8 Å². The number of benzene rings is 1. The molecule has 1 saturated carbocycles. The van der Waals surface area contributed by atoms with Gasteiger partial charge in [-0.15, -0.1) is 0 Å². The Kier molecular flexibility index (Phi) is 4.28. The van der Waals surface area contributed by atoms with E-state index < -0.39 is 28.7 Å². The van der Waals surface area contributed by atoms with Crippen LogP contribution in [-0.2, 0) is 11.2 Å². The number of fused-ring (bicyclic) bond motifs is 1. The lowest BCUT2D eigenvalue weighted by Gasteiger charge is -2.19. The van der Waals surface area contributed by atoms with Gasteiger partial charge in [-0.2, -0.15) is 0 Å². The molecule has 1 aliphatic rings. The van der Waals surface area contributed by atoms with Crippen molar-refractivity contribution in [3.8, 4) is 0 Å². The Bertz CT molecular complexity index is 979. The summed E-state index contributed by atoms with van der Waals surface area (Å²) in [6.07, 6.45) is 3.29. The lowest BCUT2D eigenvalue weighted by molar-refractivity contribution is -0.114. The maximum atomic E-state index is 14.8. The van der Waals surface area contributed by atoms with Crippen LogP contribution in [0.1, 0.15) is 48.7 Å². The highest BCUT2D eigenvalue weighted by atomic mass is 35.5. The molecule has 1 fully saturated rings. The minimum atomic E-state index is -1.40. The van der Waals surface area contributed by atoms with Crippen LogP contribution in [0.2, 0.25) is 5.02 Å². The van der Waals surface area contributed by atoms with Crippen LogP contribution in [0, 0.1) is 5.82 Å². The van der Waals surface area contributed by atoms with Crippen molar-refractivity contribution in [3.05, 3.63) is 38.4 Å². The number of nitrogens with one attached hydrogen (secondary N) is 1. The molecule has 25 heavy (non-hydrogen) atoms. The van der Waals surface area contributed by atoms with Gasteiger partial charge in [0, 0.05) is 19.2 Å². The Labute approximate surface area is 147 Å². The molecule has 1 aliphatic carbocycles. The van der Waals surface area contributed by atoms with E-state index in [0.29, 0.717) is 17.5 Å². The highest BCUT2D eigenvalue weighted by Crippen LogP contribution is 2.42. The number of carboxylic acids is 1. The zero-order valence-corrected chi connectivity index (χ0v) is 14.4. The van der Waals surface area contributed by atoms with Crippen LogP contribution in [0.15, 0.2) is 11.0 Å². The molecule has 0 unspecified atom stereocenters. The summed E-state index contributed by atoms with van der Waals surface area (Å²) in [6, 6.07) is 0.0261. The number of amides is 1. The van der Waals surface area contributed by atoms with Gasteiger partial charge in [0.05, 0.1) is 21.6 Å². The van der Waals surface area contributed by atoms with E-state index in [2.05, 4.69) is 5.32 Å². The Morgan fingerprint density at radius 2 is 2.08 bits per heavy atom. The number of halogens is 2. The number of aryl methyl sites for hydroxylation is 1. The third kappa shape index (κ3) is 2.78. The SMILES string of the molecule is CCc1c(Cl)c(F)c(NC(C)=O)c2c(=O)c(C(=O)O)cn(C3CC3)c12. The highest BCUT2D eigenvalue weighted by Gasteiger charge is 2.31. The first-order valence-electron chi connectivity index (χ1n) is 7.87. The van der Waals surface area contributed by atoms with Crippen LogP contribution in [0.3, 0.4) is 0 Å². The average molecular weight is 367 g/mol. The van der Waals surface area contributed by atoms with Gasteiger partial charge in [-0.3, -0.25) is 9.59 Å². The van der Waals surface area contributed by atoms with Gasteiger partial charge in [-0.1, -0.05) is 18.5 Å². The number of rotatable bonds is 4. The number of anilines is 1. The maximum Gasteiger partial charge on any atom is 0.341 e. The van der Waals surface area contributed by atoms with Crippen molar-refractivity contribution in [2.24, 2.45) is 0 Å². The Balaban J connectivity index is 2.58. The summed E-state index contributed by atoms with van der Waals surface area (Å²) in [4.78, 5) is 35.7. The summed E-state index contributed by atoms with van der Waals surface area (Å²) >= 11 is 6.15. The van der Waals surface area contributed by atoms with Gasteiger partial charge in [0.2, 0.25) is 11.3 Å². The van der Waals surface area contributed by atoms with Crippen molar-refractivity contribution < 1.29 is 19.1 Å². The van der Waals surface area contributed by atoms with Gasteiger partial charge in [-0.25, -0.2) is 9.18 Å². The number of aromatic carboxylic acids is 1. The number of carbonyl (C=O) groups is 2. The fraction of sp³-hybridized carbons (Fsp3) is 0.353. The standard InChI is InChI=1S/C17H16ClFN2O4/c1-3-9-12(18)13(19)14(20-7(2)22)11-15(9)21(8-4-5-8)6-10(16(11)23)17(24)25/h6,8H,3-5H2,1-2H3,(H,20,22)(H,24,25). The van der Waals surface area contributed by atoms with Crippen molar-refractivity contribution >= 4 is 40.1 Å².